The van der Waals surface area contributed by atoms with Gasteiger partial charge in [-0.1, -0.05) is 16.8 Å². The number of aryl methyl sites for hydroxylation is 1. The van der Waals surface area contributed by atoms with E-state index in [0.29, 0.717) is 38.1 Å². The summed E-state index contributed by atoms with van der Waals surface area (Å²) in [6, 6.07) is 1.58. The molecule has 0 bridgehead atoms. The van der Waals surface area contributed by atoms with Crippen molar-refractivity contribution in [2.75, 3.05) is 20.1 Å². The number of likely N-dealkylation sites (tertiary alicyclic amines) is 2. The van der Waals surface area contributed by atoms with Crippen molar-refractivity contribution in [3.8, 4) is 0 Å². The first kappa shape index (κ1) is 17.7. The Hall–Kier alpha value is -2.09. The van der Waals surface area contributed by atoms with E-state index in [9.17, 15) is 19.5 Å². The highest BCUT2D eigenvalue weighted by Crippen LogP contribution is 2.42. The third-order valence-electron chi connectivity index (χ3n) is 5.47. The van der Waals surface area contributed by atoms with Crippen LogP contribution in [-0.4, -0.2) is 63.5 Å². The van der Waals surface area contributed by atoms with Crippen LogP contribution < -0.4 is 0 Å². The van der Waals surface area contributed by atoms with Crippen LogP contribution in [0.25, 0.3) is 0 Å². The van der Waals surface area contributed by atoms with Gasteiger partial charge in [0.05, 0.1) is 11.5 Å². The lowest BCUT2D eigenvalue weighted by molar-refractivity contribution is -0.147. The van der Waals surface area contributed by atoms with E-state index in [4.69, 9.17) is 16.1 Å². The topological polar surface area (TPSA) is 104 Å². The van der Waals surface area contributed by atoms with Crippen LogP contribution in [0.5, 0.6) is 0 Å². The van der Waals surface area contributed by atoms with Crippen molar-refractivity contribution in [1.82, 2.24) is 15.0 Å². The second-order valence-electron chi connectivity index (χ2n) is 6.65. The minimum absolute atomic E-state index is 0.0266. The molecule has 25 heavy (non-hydrogen) atoms. The van der Waals surface area contributed by atoms with Crippen LogP contribution in [0.15, 0.2) is 10.6 Å². The van der Waals surface area contributed by atoms with Gasteiger partial charge in [-0.05, 0) is 12.8 Å². The molecule has 3 rings (SSSR count). The lowest BCUT2D eigenvalue weighted by Crippen LogP contribution is -2.56. The summed E-state index contributed by atoms with van der Waals surface area (Å²) in [4.78, 5) is 39.2. The second-order valence-corrected chi connectivity index (χ2v) is 7.04. The van der Waals surface area contributed by atoms with E-state index in [2.05, 4.69) is 5.16 Å². The zero-order valence-electron chi connectivity index (χ0n) is 13.9. The van der Waals surface area contributed by atoms with E-state index in [1.807, 2.05) is 0 Å². The molecule has 0 aliphatic carbocycles. The number of carboxylic acid groups (broad SMARTS) is 1. The third-order valence-corrected chi connectivity index (χ3v) is 5.64. The lowest BCUT2D eigenvalue weighted by atomic mass is 9.77. The standard InChI is InChI=1S/C16H20ClN3O5/c1-19-14(22)9-11(15(23)24)16(19)4-6-20(7-5-16)13(21)3-2-10-8-12(17)18-25-10/h8,11H,2-7,9H2,1H3,(H,23,24)/t11-/m0/s1. The predicted octanol–water partition coefficient (Wildman–Crippen LogP) is 1.18. The van der Waals surface area contributed by atoms with Crippen molar-refractivity contribution >= 4 is 29.4 Å². The molecule has 8 nitrogen and oxygen atoms in total. The summed E-state index contributed by atoms with van der Waals surface area (Å²) < 4.78 is 4.98. The Labute approximate surface area is 149 Å². The van der Waals surface area contributed by atoms with E-state index in [1.165, 1.54) is 0 Å². The molecule has 2 saturated heterocycles. The molecule has 9 heteroatoms. The normalized spacial score (nSPS) is 22.6. The van der Waals surface area contributed by atoms with Crippen LogP contribution in [0, 0.1) is 5.92 Å². The fourth-order valence-corrected chi connectivity index (χ4v) is 4.08. The molecule has 1 aromatic heterocycles. The molecule has 2 amide bonds. The smallest absolute Gasteiger partial charge is 0.309 e. The maximum absolute atomic E-state index is 12.4. The fraction of sp³-hybridized carbons (Fsp3) is 0.625. The van der Waals surface area contributed by atoms with E-state index < -0.39 is 17.4 Å². The third kappa shape index (κ3) is 3.22. The number of carboxylic acids is 1. The van der Waals surface area contributed by atoms with Gasteiger partial charge in [0.1, 0.15) is 5.76 Å². The summed E-state index contributed by atoms with van der Waals surface area (Å²) in [5, 5.41) is 13.3. The minimum Gasteiger partial charge on any atom is -0.481 e. The Bertz CT molecular complexity index is 696. The summed E-state index contributed by atoms with van der Waals surface area (Å²) in [7, 11) is 1.66. The average molecular weight is 370 g/mol. The van der Waals surface area contributed by atoms with Crippen molar-refractivity contribution < 1.29 is 24.0 Å². The van der Waals surface area contributed by atoms with Gasteiger partial charge in [0, 0.05) is 45.5 Å². The van der Waals surface area contributed by atoms with Gasteiger partial charge in [-0.2, -0.15) is 0 Å². The second kappa shape index (κ2) is 6.67. The molecule has 2 aliphatic heterocycles. The zero-order chi connectivity index (χ0) is 18.2. The molecule has 0 saturated carbocycles. The molecule has 0 radical (unpaired) electrons. The summed E-state index contributed by atoms with van der Waals surface area (Å²) in [6.45, 7) is 0.884. The van der Waals surface area contributed by atoms with E-state index in [0.717, 1.165) is 0 Å². The highest BCUT2D eigenvalue weighted by molar-refractivity contribution is 6.29. The van der Waals surface area contributed by atoms with Crippen LogP contribution in [0.2, 0.25) is 5.15 Å². The first-order valence-corrected chi connectivity index (χ1v) is 8.59. The van der Waals surface area contributed by atoms with Crippen LogP contribution in [0.4, 0.5) is 0 Å². The molecule has 1 N–H and O–H groups in total. The van der Waals surface area contributed by atoms with Crippen LogP contribution in [0.1, 0.15) is 31.4 Å². The molecule has 2 fully saturated rings. The molecule has 1 spiro atoms. The highest BCUT2D eigenvalue weighted by atomic mass is 35.5. The Kier molecular flexibility index (Phi) is 4.73. The number of hydrogen-bond acceptors (Lipinski definition) is 5. The molecular weight excluding hydrogens is 350 g/mol. The fourth-order valence-electron chi connectivity index (χ4n) is 3.92. The summed E-state index contributed by atoms with van der Waals surface area (Å²) in [6.07, 6.45) is 1.68. The summed E-state index contributed by atoms with van der Waals surface area (Å²) in [5.74, 6) is -1.27. The van der Waals surface area contributed by atoms with Crippen LogP contribution in [0.3, 0.4) is 0 Å². The van der Waals surface area contributed by atoms with Gasteiger partial charge in [-0.15, -0.1) is 0 Å². The van der Waals surface area contributed by atoms with Gasteiger partial charge < -0.3 is 19.4 Å². The molecule has 0 unspecified atom stereocenters. The van der Waals surface area contributed by atoms with E-state index in [-0.39, 0.29) is 29.8 Å². The Balaban J connectivity index is 1.60. The number of amides is 2. The number of carbonyl (C=O) groups excluding carboxylic acids is 2. The quantitative estimate of drug-likeness (QED) is 0.854. The number of rotatable bonds is 4. The Morgan fingerprint density at radius 2 is 2.12 bits per heavy atom. The van der Waals surface area contributed by atoms with Crippen LogP contribution >= 0.6 is 11.6 Å². The van der Waals surface area contributed by atoms with Gasteiger partial charge in [0.25, 0.3) is 0 Å². The minimum atomic E-state index is -0.945. The number of carbonyl (C=O) groups is 3. The van der Waals surface area contributed by atoms with Crippen molar-refractivity contribution in [2.24, 2.45) is 5.92 Å². The van der Waals surface area contributed by atoms with Crippen molar-refractivity contribution in [3.05, 3.63) is 17.0 Å². The van der Waals surface area contributed by atoms with Gasteiger partial charge in [0.2, 0.25) is 11.8 Å². The first-order chi connectivity index (χ1) is 11.8. The van der Waals surface area contributed by atoms with Gasteiger partial charge in [-0.3, -0.25) is 14.4 Å². The Morgan fingerprint density at radius 3 is 2.68 bits per heavy atom. The monoisotopic (exact) mass is 369 g/mol. The maximum Gasteiger partial charge on any atom is 0.309 e. The van der Waals surface area contributed by atoms with Gasteiger partial charge >= 0.3 is 5.97 Å². The average Bonchev–Trinajstić information content (AvgIpc) is 3.10. The van der Waals surface area contributed by atoms with Crippen molar-refractivity contribution in [2.45, 2.75) is 37.6 Å². The number of aromatic nitrogens is 1. The van der Waals surface area contributed by atoms with Gasteiger partial charge in [-0.25, -0.2) is 0 Å². The summed E-state index contributed by atoms with van der Waals surface area (Å²) in [5.41, 5.74) is -0.682. The van der Waals surface area contributed by atoms with E-state index in [1.54, 1.807) is 22.9 Å². The number of halogens is 1. The summed E-state index contributed by atoms with van der Waals surface area (Å²) >= 11 is 5.68. The highest BCUT2D eigenvalue weighted by Gasteiger charge is 2.55. The first-order valence-electron chi connectivity index (χ1n) is 8.22. The SMILES string of the molecule is CN1C(=O)C[C@@H](C(=O)O)C12CCN(C(=O)CCc1cc(Cl)no1)CC2. The van der Waals surface area contributed by atoms with Gasteiger partial charge in [0.15, 0.2) is 5.15 Å². The molecule has 1 aromatic rings. The lowest BCUT2D eigenvalue weighted by Gasteiger charge is -2.45. The number of hydrogen-bond donors (Lipinski definition) is 1. The van der Waals surface area contributed by atoms with Crippen molar-refractivity contribution in [3.63, 3.8) is 0 Å². The molecular formula is C16H20ClN3O5. The molecule has 136 valence electrons. The number of nitrogens with zero attached hydrogens (tertiary/aromatic N) is 3. The predicted molar refractivity (Wildman–Crippen MR) is 86.9 cm³/mol. The maximum atomic E-state index is 12.4. The zero-order valence-corrected chi connectivity index (χ0v) is 14.7. The molecule has 0 aromatic carbocycles. The van der Waals surface area contributed by atoms with Crippen molar-refractivity contribution in [1.29, 1.82) is 0 Å². The Morgan fingerprint density at radius 1 is 1.44 bits per heavy atom. The van der Waals surface area contributed by atoms with Crippen LogP contribution in [-0.2, 0) is 20.8 Å². The van der Waals surface area contributed by atoms with E-state index >= 15 is 0 Å². The molecule has 3 heterocycles. The largest absolute Gasteiger partial charge is 0.481 e. The number of piperidine rings is 1. The molecule has 2 aliphatic rings. The molecule has 1 atom stereocenters. The number of aliphatic carboxylic acids is 1.